The summed E-state index contributed by atoms with van der Waals surface area (Å²) in [4.78, 5) is 17.6. The molecule has 0 radical (unpaired) electrons. The molecule has 1 aliphatic rings. The van der Waals surface area contributed by atoms with Gasteiger partial charge in [-0.15, -0.1) is 0 Å². The number of amides is 1. The molecular formula is C23H23BrN2O4. The Morgan fingerprint density at radius 1 is 1.23 bits per heavy atom. The number of fused-ring (bicyclic) bond motifs is 1. The minimum absolute atomic E-state index is 0.0620. The number of benzene rings is 2. The van der Waals surface area contributed by atoms with E-state index in [-0.39, 0.29) is 17.6 Å². The molecule has 2 aromatic carbocycles. The molecule has 2 heterocycles. The molecule has 7 heteroatoms. The highest BCUT2D eigenvalue weighted by Gasteiger charge is 2.18. The molecule has 4 rings (SSSR count). The Labute approximate surface area is 183 Å². The number of halogens is 1. The van der Waals surface area contributed by atoms with E-state index in [2.05, 4.69) is 26.2 Å². The topological polar surface area (TPSA) is 73.1 Å². The highest BCUT2D eigenvalue weighted by molar-refractivity contribution is 9.10. The maximum absolute atomic E-state index is 13.0. The maximum Gasteiger partial charge on any atom is 0.256 e. The Bertz CT molecular complexity index is 1100. The first kappa shape index (κ1) is 20.6. The third-order valence-corrected chi connectivity index (χ3v) is 5.34. The first-order valence-corrected chi connectivity index (χ1v) is 10.8. The van der Waals surface area contributed by atoms with E-state index < -0.39 is 0 Å². The van der Waals surface area contributed by atoms with Gasteiger partial charge in [-0.25, -0.2) is 4.99 Å². The van der Waals surface area contributed by atoms with Gasteiger partial charge in [-0.1, -0.05) is 15.9 Å². The number of carbonyl (C=O) groups is 1. The lowest BCUT2D eigenvalue weighted by Crippen LogP contribution is -2.34. The molecule has 0 saturated carbocycles. The number of carbonyl (C=O) groups excluding carboxylic acids is 1. The largest absolute Gasteiger partial charge is 0.494 e. The van der Waals surface area contributed by atoms with E-state index in [4.69, 9.17) is 13.9 Å². The maximum atomic E-state index is 13.0. The van der Waals surface area contributed by atoms with Crippen LogP contribution < -0.4 is 15.6 Å². The van der Waals surface area contributed by atoms with Crippen molar-refractivity contribution >= 4 is 38.5 Å². The fraction of sp³-hybridized carbons (Fsp3) is 0.304. The normalized spacial score (nSPS) is 16.7. The first-order valence-electron chi connectivity index (χ1n) is 10.0. The van der Waals surface area contributed by atoms with Gasteiger partial charge in [0.1, 0.15) is 16.9 Å². The molecule has 1 N–H and O–H groups in total. The average Bonchev–Trinajstić information content (AvgIpc) is 3.27. The second-order valence-corrected chi connectivity index (χ2v) is 7.95. The van der Waals surface area contributed by atoms with Crippen LogP contribution in [0.15, 0.2) is 62.4 Å². The fourth-order valence-corrected chi connectivity index (χ4v) is 3.73. The Morgan fingerprint density at radius 3 is 2.80 bits per heavy atom. The van der Waals surface area contributed by atoms with Gasteiger partial charge in [0.2, 0.25) is 5.55 Å². The van der Waals surface area contributed by atoms with Gasteiger partial charge < -0.3 is 19.2 Å². The van der Waals surface area contributed by atoms with Crippen LogP contribution in [0.5, 0.6) is 5.75 Å². The van der Waals surface area contributed by atoms with Gasteiger partial charge in [-0.2, -0.15) is 0 Å². The lowest BCUT2D eigenvalue weighted by molar-refractivity contribution is 0.0854. The summed E-state index contributed by atoms with van der Waals surface area (Å²) in [6, 6.07) is 14.8. The number of nitrogens with one attached hydrogen (secondary N) is 1. The minimum Gasteiger partial charge on any atom is -0.494 e. The standard InChI is InChI=1S/C23H23BrN2O4/c1-2-28-18-8-6-17(7-9-18)26-23-20(22(27)25-14-19-4-3-11-29-19)13-15-12-16(24)5-10-21(15)30-23/h5-10,12-13,19H,2-4,11,14H2,1H3,(H,25,27). The van der Waals surface area contributed by atoms with E-state index in [9.17, 15) is 4.79 Å². The molecule has 1 atom stereocenters. The van der Waals surface area contributed by atoms with Gasteiger partial charge in [0, 0.05) is 23.0 Å². The quantitative estimate of drug-likeness (QED) is 0.564. The van der Waals surface area contributed by atoms with Crippen molar-refractivity contribution in [3.8, 4) is 5.75 Å². The first-order chi connectivity index (χ1) is 14.6. The molecule has 0 spiro atoms. The molecule has 0 aliphatic carbocycles. The SMILES string of the molecule is CCOc1ccc(N=c2oc3ccc(Br)cc3cc2C(=O)NCC2CCCO2)cc1. The van der Waals surface area contributed by atoms with Crippen LogP contribution in [-0.4, -0.2) is 31.8 Å². The molecule has 1 aliphatic heterocycles. The van der Waals surface area contributed by atoms with Crippen LogP contribution in [0.1, 0.15) is 30.1 Å². The van der Waals surface area contributed by atoms with Gasteiger partial charge in [0.25, 0.3) is 5.91 Å². The van der Waals surface area contributed by atoms with Gasteiger partial charge in [-0.05, 0) is 68.3 Å². The molecule has 1 fully saturated rings. The summed E-state index contributed by atoms with van der Waals surface area (Å²) in [5.74, 6) is 0.534. The van der Waals surface area contributed by atoms with Crippen LogP contribution in [-0.2, 0) is 4.74 Å². The van der Waals surface area contributed by atoms with Crippen molar-refractivity contribution in [3.63, 3.8) is 0 Å². The Morgan fingerprint density at radius 2 is 2.07 bits per heavy atom. The molecular weight excluding hydrogens is 448 g/mol. The van der Waals surface area contributed by atoms with Crippen LogP contribution in [0.3, 0.4) is 0 Å². The van der Waals surface area contributed by atoms with Crippen LogP contribution in [0, 0.1) is 0 Å². The zero-order valence-corrected chi connectivity index (χ0v) is 18.3. The van der Waals surface area contributed by atoms with E-state index in [1.165, 1.54) is 0 Å². The second kappa shape index (κ2) is 9.45. The Kier molecular flexibility index (Phi) is 6.50. The summed E-state index contributed by atoms with van der Waals surface area (Å²) >= 11 is 3.47. The van der Waals surface area contributed by atoms with Gasteiger partial charge in [0.05, 0.1) is 18.4 Å². The zero-order valence-electron chi connectivity index (χ0n) is 16.7. The van der Waals surface area contributed by atoms with Crippen molar-refractivity contribution in [2.45, 2.75) is 25.9 Å². The highest BCUT2D eigenvalue weighted by Crippen LogP contribution is 2.21. The molecule has 6 nitrogen and oxygen atoms in total. The summed E-state index contributed by atoms with van der Waals surface area (Å²) in [6.07, 6.45) is 2.05. The van der Waals surface area contributed by atoms with Gasteiger partial charge in [-0.3, -0.25) is 4.79 Å². The van der Waals surface area contributed by atoms with E-state index in [1.807, 2.05) is 55.5 Å². The van der Waals surface area contributed by atoms with E-state index in [1.54, 1.807) is 0 Å². The molecule has 1 saturated heterocycles. The van der Waals surface area contributed by atoms with Crippen LogP contribution in [0.25, 0.3) is 11.0 Å². The number of rotatable bonds is 6. The fourth-order valence-electron chi connectivity index (χ4n) is 3.36. The monoisotopic (exact) mass is 470 g/mol. The molecule has 3 aromatic rings. The minimum atomic E-state index is -0.235. The summed E-state index contributed by atoms with van der Waals surface area (Å²) in [5.41, 5.74) is 1.97. The van der Waals surface area contributed by atoms with E-state index in [0.29, 0.717) is 30.0 Å². The van der Waals surface area contributed by atoms with E-state index in [0.717, 1.165) is 35.1 Å². The molecule has 0 bridgehead atoms. The lowest BCUT2D eigenvalue weighted by atomic mass is 10.1. The predicted molar refractivity (Wildman–Crippen MR) is 118 cm³/mol. The molecule has 1 unspecified atom stereocenters. The second-order valence-electron chi connectivity index (χ2n) is 7.03. The van der Waals surface area contributed by atoms with Crippen LogP contribution in [0.4, 0.5) is 5.69 Å². The van der Waals surface area contributed by atoms with Gasteiger partial charge in [0.15, 0.2) is 0 Å². The molecule has 1 amide bonds. The van der Waals surface area contributed by atoms with Crippen molar-refractivity contribution in [1.29, 1.82) is 0 Å². The third-order valence-electron chi connectivity index (χ3n) is 4.85. The number of hydrogen-bond donors (Lipinski definition) is 1. The number of hydrogen-bond acceptors (Lipinski definition) is 5. The Hall–Kier alpha value is -2.64. The highest BCUT2D eigenvalue weighted by atomic mass is 79.9. The van der Waals surface area contributed by atoms with Crippen molar-refractivity contribution < 1.29 is 18.7 Å². The third kappa shape index (κ3) is 4.91. The van der Waals surface area contributed by atoms with Crippen molar-refractivity contribution in [2.24, 2.45) is 4.99 Å². The summed E-state index contributed by atoms with van der Waals surface area (Å²) < 4.78 is 18.0. The molecule has 30 heavy (non-hydrogen) atoms. The van der Waals surface area contributed by atoms with Crippen LogP contribution in [0.2, 0.25) is 0 Å². The lowest BCUT2D eigenvalue weighted by Gasteiger charge is -2.11. The molecule has 1 aromatic heterocycles. The number of ether oxygens (including phenoxy) is 2. The summed E-state index contributed by atoms with van der Waals surface area (Å²) in [5, 5.41) is 3.77. The Balaban J connectivity index is 1.70. The van der Waals surface area contributed by atoms with Crippen molar-refractivity contribution in [3.05, 3.63) is 64.1 Å². The predicted octanol–water partition coefficient (Wildman–Crippen LogP) is 4.74. The van der Waals surface area contributed by atoms with Gasteiger partial charge >= 0.3 is 0 Å². The average molecular weight is 471 g/mol. The van der Waals surface area contributed by atoms with Crippen molar-refractivity contribution in [1.82, 2.24) is 5.32 Å². The smallest absolute Gasteiger partial charge is 0.256 e. The molecule has 156 valence electrons. The van der Waals surface area contributed by atoms with Crippen molar-refractivity contribution in [2.75, 3.05) is 19.8 Å². The van der Waals surface area contributed by atoms with E-state index >= 15 is 0 Å². The number of nitrogens with zero attached hydrogens (tertiary/aromatic N) is 1. The summed E-state index contributed by atoms with van der Waals surface area (Å²) in [7, 11) is 0. The zero-order chi connectivity index (χ0) is 20.9. The summed E-state index contributed by atoms with van der Waals surface area (Å²) in [6.45, 7) is 3.75. The van der Waals surface area contributed by atoms with Crippen LogP contribution >= 0.6 is 15.9 Å².